The van der Waals surface area contributed by atoms with Crippen LogP contribution in [-0.4, -0.2) is 22.0 Å². The second-order valence-electron chi connectivity index (χ2n) is 7.84. The Morgan fingerprint density at radius 1 is 0.935 bits per heavy atom. The van der Waals surface area contributed by atoms with Gasteiger partial charge in [-0.05, 0) is 48.7 Å². The van der Waals surface area contributed by atoms with Crippen LogP contribution in [0.25, 0.3) is 28.2 Å². The van der Waals surface area contributed by atoms with Crippen LogP contribution >= 0.6 is 0 Å². The molecule has 0 saturated heterocycles. The van der Waals surface area contributed by atoms with Crippen molar-refractivity contribution in [2.75, 3.05) is 6.54 Å². The van der Waals surface area contributed by atoms with Gasteiger partial charge < -0.3 is 9.88 Å². The number of nitrogens with one attached hydrogen (secondary N) is 1. The molecule has 0 aliphatic heterocycles. The Morgan fingerprint density at radius 2 is 1.61 bits per heavy atom. The number of carbonyl (C=O) groups is 1. The molecule has 31 heavy (non-hydrogen) atoms. The van der Waals surface area contributed by atoms with Crippen LogP contribution in [0.5, 0.6) is 0 Å². The van der Waals surface area contributed by atoms with Gasteiger partial charge in [0.05, 0.1) is 11.0 Å². The second-order valence-corrected chi connectivity index (χ2v) is 7.84. The number of fused-ring (bicyclic) bond motifs is 1. The van der Waals surface area contributed by atoms with Gasteiger partial charge in [-0.1, -0.05) is 66.7 Å². The van der Waals surface area contributed by atoms with Gasteiger partial charge >= 0.3 is 0 Å². The molecule has 0 atom stereocenters. The van der Waals surface area contributed by atoms with E-state index in [4.69, 9.17) is 4.98 Å². The van der Waals surface area contributed by atoms with E-state index in [1.54, 1.807) is 6.08 Å². The lowest BCUT2D eigenvalue weighted by Crippen LogP contribution is -2.24. The van der Waals surface area contributed by atoms with E-state index in [9.17, 15) is 4.79 Å². The fourth-order valence-electron chi connectivity index (χ4n) is 3.79. The number of nitrogens with zero attached hydrogens (tertiary/aromatic N) is 2. The molecule has 4 nitrogen and oxygen atoms in total. The summed E-state index contributed by atoms with van der Waals surface area (Å²) in [5.74, 6) is 0.899. The van der Waals surface area contributed by atoms with Crippen LogP contribution < -0.4 is 5.32 Å². The maximum Gasteiger partial charge on any atom is 0.244 e. The number of hydrogen-bond acceptors (Lipinski definition) is 2. The maximum absolute atomic E-state index is 12.3. The lowest BCUT2D eigenvalue weighted by molar-refractivity contribution is -0.116. The third-order valence-corrected chi connectivity index (χ3v) is 5.28. The van der Waals surface area contributed by atoms with Crippen molar-refractivity contribution in [1.82, 2.24) is 14.9 Å². The molecule has 4 heteroatoms. The van der Waals surface area contributed by atoms with Gasteiger partial charge in [0.25, 0.3) is 0 Å². The van der Waals surface area contributed by atoms with Crippen molar-refractivity contribution in [2.45, 2.75) is 26.3 Å². The Bertz CT molecular complexity index is 1190. The summed E-state index contributed by atoms with van der Waals surface area (Å²) < 4.78 is 2.24. The molecule has 0 aliphatic rings. The number of imidazole rings is 1. The van der Waals surface area contributed by atoms with Gasteiger partial charge in [-0.3, -0.25) is 4.79 Å². The number of hydrogen-bond donors (Lipinski definition) is 1. The quantitative estimate of drug-likeness (QED) is 0.401. The molecule has 1 heterocycles. The average Bonchev–Trinajstić information content (AvgIpc) is 3.17. The molecule has 1 aromatic heterocycles. The summed E-state index contributed by atoms with van der Waals surface area (Å²) in [4.78, 5) is 17.0. The molecule has 0 aliphatic carbocycles. The summed E-state index contributed by atoms with van der Waals surface area (Å²) in [5.41, 5.74) is 5.48. The molecule has 0 unspecified atom stereocenters. The highest BCUT2D eigenvalue weighted by molar-refractivity contribution is 5.91. The molecular formula is C27H27N3O. The highest BCUT2D eigenvalue weighted by Gasteiger charge is 2.12. The molecule has 0 bridgehead atoms. The zero-order chi connectivity index (χ0) is 21.6. The van der Waals surface area contributed by atoms with Crippen molar-refractivity contribution < 1.29 is 4.79 Å². The largest absolute Gasteiger partial charge is 0.352 e. The van der Waals surface area contributed by atoms with E-state index in [0.717, 1.165) is 28.0 Å². The zero-order valence-corrected chi connectivity index (χ0v) is 18.0. The first-order chi connectivity index (χ1) is 15.1. The van der Waals surface area contributed by atoms with Crippen molar-refractivity contribution in [1.29, 1.82) is 0 Å². The number of aromatic nitrogens is 2. The summed E-state index contributed by atoms with van der Waals surface area (Å²) >= 11 is 0. The molecule has 0 saturated carbocycles. The lowest BCUT2D eigenvalue weighted by Gasteiger charge is -2.13. The Hall–Kier alpha value is -3.66. The minimum atomic E-state index is -0.0978. The van der Waals surface area contributed by atoms with E-state index in [1.807, 2.05) is 54.6 Å². The minimum absolute atomic E-state index is 0.0978. The van der Waals surface area contributed by atoms with Gasteiger partial charge in [-0.15, -0.1) is 0 Å². The molecule has 1 N–H and O–H groups in total. The molecule has 0 spiro atoms. The number of benzene rings is 3. The number of para-hydroxylation sites is 2. The number of rotatable bonds is 7. The highest BCUT2D eigenvalue weighted by atomic mass is 16.1. The first kappa shape index (κ1) is 20.6. The van der Waals surface area contributed by atoms with Crippen LogP contribution in [0.2, 0.25) is 0 Å². The van der Waals surface area contributed by atoms with Crippen LogP contribution in [0.3, 0.4) is 0 Å². The zero-order valence-electron chi connectivity index (χ0n) is 18.0. The van der Waals surface area contributed by atoms with Crippen molar-refractivity contribution in [2.24, 2.45) is 0 Å². The molecule has 0 radical (unpaired) electrons. The predicted molar refractivity (Wildman–Crippen MR) is 128 cm³/mol. The lowest BCUT2D eigenvalue weighted by atomic mass is 10.0. The first-order valence-electron chi connectivity index (χ1n) is 10.7. The summed E-state index contributed by atoms with van der Waals surface area (Å²) in [5, 5.41) is 2.97. The van der Waals surface area contributed by atoms with Crippen molar-refractivity contribution in [3.05, 3.63) is 96.3 Å². The van der Waals surface area contributed by atoms with Crippen LogP contribution in [0.4, 0.5) is 0 Å². The normalized spacial score (nSPS) is 11.5. The molecule has 4 aromatic rings. The van der Waals surface area contributed by atoms with Gasteiger partial charge in [0.1, 0.15) is 5.82 Å². The Morgan fingerprint density at radius 3 is 2.35 bits per heavy atom. The van der Waals surface area contributed by atoms with Gasteiger partial charge in [-0.25, -0.2) is 4.98 Å². The fourth-order valence-corrected chi connectivity index (χ4v) is 3.79. The molecular weight excluding hydrogens is 382 g/mol. The van der Waals surface area contributed by atoms with E-state index in [0.29, 0.717) is 19.0 Å². The summed E-state index contributed by atoms with van der Waals surface area (Å²) in [6, 6.07) is 26.9. The Labute approximate surface area is 183 Å². The Balaban J connectivity index is 1.34. The summed E-state index contributed by atoms with van der Waals surface area (Å²) in [7, 11) is 0. The van der Waals surface area contributed by atoms with Crippen molar-refractivity contribution in [3.63, 3.8) is 0 Å². The van der Waals surface area contributed by atoms with Gasteiger partial charge in [0.15, 0.2) is 0 Å². The topological polar surface area (TPSA) is 46.9 Å². The van der Waals surface area contributed by atoms with E-state index in [-0.39, 0.29) is 5.91 Å². The third kappa shape index (κ3) is 4.92. The molecule has 0 fully saturated rings. The maximum atomic E-state index is 12.3. The second kappa shape index (κ2) is 9.43. The molecule has 4 rings (SSSR count). The average molecular weight is 410 g/mol. The monoisotopic (exact) mass is 409 g/mol. The van der Waals surface area contributed by atoms with Gasteiger partial charge in [-0.2, -0.15) is 0 Å². The van der Waals surface area contributed by atoms with E-state index in [2.05, 4.69) is 54.1 Å². The smallest absolute Gasteiger partial charge is 0.244 e. The first-order valence-corrected chi connectivity index (χ1v) is 10.7. The predicted octanol–water partition coefficient (Wildman–Crippen LogP) is 5.66. The van der Waals surface area contributed by atoms with Crippen LogP contribution in [0.15, 0.2) is 84.9 Å². The van der Waals surface area contributed by atoms with Crippen molar-refractivity contribution >= 4 is 23.0 Å². The standard InChI is InChI=1S/C27H27N3O/c1-20(2)30-25-11-7-6-10-24(25)29-26(30)18-19-28-27(31)17-14-21-12-15-23(16-13-21)22-8-4-3-5-9-22/h3-17,20H,18-19H2,1-2H3,(H,28,31)/b17-14+. The molecule has 1 amide bonds. The Kier molecular flexibility index (Phi) is 6.27. The van der Waals surface area contributed by atoms with Crippen LogP contribution in [-0.2, 0) is 11.2 Å². The van der Waals surface area contributed by atoms with E-state index < -0.39 is 0 Å². The summed E-state index contributed by atoms with van der Waals surface area (Å²) in [6.07, 6.45) is 4.12. The molecule has 3 aromatic carbocycles. The minimum Gasteiger partial charge on any atom is -0.352 e. The van der Waals surface area contributed by atoms with Crippen LogP contribution in [0, 0.1) is 0 Å². The van der Waals surface area contributed by atoms with Gasteiger partial charge in [0, 0.05) is 25.1 Å². The van der Waals surface area contributed by atoms with Crippen LogP contribution in [0.1, 0.15) is 31.3 Å². The molecule has 156 valence electrons. The third-order valence-electron chi connectivity index (χ3n) is 5.28. The highest BCUT2D eigenvalue weighted by Crippen LogP contribution is 2.21. The SMILES string of the molecule is CC(C)n1c(CCNC(=O)/C=C/c2ccc(-c3ccccc3)cc2)nc2ccccc21. The van der Waals surface area contributed by atoms with E-state index >= 15 is 0 Å². The van der Waals surface area contributed by atoms with E-state index in [1.165, 1.54) is 5.56 Å². The summed E-state index contributed by atoms with van der Waals surface area (Å²) in [6.45, 7) is 4.86. The fraction of sp³-hybridized carbons (Fsp3) is 0.185. The number of amides is 1. The van der Waals surface area contributed by atoms with Crippen molar-refractivity contribution in [3.8, 4) is 11.1 Å². The van der Waals surface area contributed by atoms with Gasteiger partial charge in [0.2, 0.25) is 5.91 Å². The number of carbonyl (C=O) groups excluding carboxylic acids is 1.